The van der Waals surface area contributed by atoms with E-state index in [4.69, 9.17) is 5.73 Å². The Morgan fingerprint density at radius 3 is 2.85 bits per heavy atom. The summed E-state index contributed by atoms with van der Waals surface area (Å²) in [6, 6.07) is 4.87. The van der Waals surface area contributed by atoms with Crippen molar-refractivity contribution < 1.29 is 5.11 Å². The van der Waals surface area contributed by atoms with Crippen LogP contribution in [0.2, 0.25) is 0 Å². The molecule has 0 fully saturated rings. The summed E-state index contributed by atoms with van der Waals surface area (Å²) in [5, 5.41) is 10.1. The molecule has 4 nitrogen and oxygen atoms in total. The third kappa shape index (κ3) is 1.42. The Balaban J connectivity index is 2.86. The van der Waals surface area contributed by atoms with Gasteiger partial charge in [-0.05, 0) is 28.1 Å². The molecule has 2 aromatic rings. The first-order chi connectivity index (χ1) is 6.16. The Morgan fingerprint density at radius 2 is 2.08 bits per heavy atom. The van der Waals surface area contributed by atoms with Crippen molar-refractivity contribution in [1.82, 2.24) is 9.97 Å². The third-order valence-electron chi connectivity index (χ3n) is 1.64. The molecule has 5 heteroatoms. The van der Waals surface area contributed by atoms with Crippen LogP contribution in [-0.2, 0) is 0 Å². The fourth-order valence-corrected chi connectivity index (χ4v) is 1.38. The fourth-order valence-electron chi connectivity index (χ4n) is 1.08. The van der Waals surface area contributed by atoms with Gasteiger partial charge in [-0.3, -0.25) is 0 Å². The summed E-state index contributed by atoms with van der Waals surface area (Å²) in [5.74, 6) is 0.359. The minimum absolute atomic E-state index is 0.0995. The summed E-state index contributed by atoms with van der Waals surface area (Å²) < 4.78 is 0.664. The number of nitrogens with two attached hydrogens (primary N) is 1. The minimum Gasteiger partial charge on any atom is -0.507 e. The van der Waals surface area contributed by atoms with Gasteiger partial charge in [-0.1, -0.05) is 0 Å². The molecule has 0 aromatic carbocycles. The average molecular weight is 240 g/mol. The molecule has 2 heterocycles. The first kappa shape index (κ1) is 8.25. The highest BCUT2D eigenvalue weighted by Crippen LogP contribution is 2.24. The monoisotopic (exact) mass is 239 g/mol. The zero-order valence-corrected chi connectivity index (χ0v) is 8.12. The number of fused-ring (bicyclic) bond motifs is 1. The van der Waals surface area contributed by atoms with E-state index in [2.05, 4.69) is 25.9 Å². The number of aromatic nitrogens is 2. The lowest BCUT2D eigenvalue weighted by atomic mass is 10.2. The van der Waals surface area contributed by atoms with Crippen LogP contribution in [0.5, 0.6) is 5.75 Å². The molecule has 66 valence electrons. The lowest BCUT2D eigenvalue weighted by Gasteiger charge is -2.00. The number of hydrogen-bond donors (Lipinski definition) is 2. The maximum absolute atomic E-state index is 9.47. The summed E-state index contributed by atoms with van der Waals surface area (Å²) in [5.41, 5.74) is 5.89. The second-order valence-electron chi connectivity index (χ2n) is 2.57. The van der Waals surface area contributed by atoms with Crippen molar-refractivity contribution in [2.75, 3.05) is 5.73 Å². The standard InChI is InChI=1S/C8H6BrN3O/c9-6-2-1-4-5(13)3-7(10)12-8(4)11-6/h1-3H,(H3,10,11,12,13). The Hall–Kier alpha value is -1.36. The number of aromatic hydroxyl groups is 1. The number of hydrogen-bond acceptors (Lipinski definition) is 4. The van der Waals surface area contributed by atoms with Crippen LogP contribution in [0.25, 0.3) is 11.0 Å². The quantitative estimate of drug-likeness (QED) is 0.687. The zero-order valence-electron chi connectivity index (χ0n) is 6.53. The van der Waals surface area contributed by atoms with Gasteiger partial charge >= 0.3 is 0 Å². The van der Waals surface area contributed by atoms with E-state index < -0.39 is 0 Å². The number of nitrogens with zero attached hydrogens (tertiary/aromatic N) is 2. The van der Waals surface area contributed by atoms with E-state index in [9.17, 15) is 5.11 Å². The smallest absolute Gasteiger partial charge is 0.166 e. The summed E-state index contributed by atoms with van der Waals surface area (Å²) in [4.78, 5) is 8.04. The van der Waals surface area contributed by atoms with E-state index in [1.165, 1.54) is 6.07 Å². The van der Waals surface area contributed by atoms with Gasteiger partial charge in [-0.2, -0.15) is 0 Å². The van der Waals surface area contributed by atoms with Crippen LogP contribution in [0.3, 0.4) is 0 Å². The van der Waals surface area contributed by atoms with Gasteiger partial charge < -0.3 is 10.8 Å². The van der Waals surface area contributed by atoms with Crippen molar-refractivity contribution in [3.63, 3.8) is 0 Å². The van der Waals surface area contributed by atoms with E-state index in [0.717, 1.165) is 0 Å². The number of anilines is 1. The topological polar surface area (TPSA) is 72.0 Å². The lowest BCUT2D eigenvalue weighted by Crippen LogP contribution is -1.92. The lowest BCUT2D eigenvalue weighted by molar-refractivity contribution is 0.481. The van der Waals surface area contributed by atoms with Gasteiger partial charge in [0, 0.05) is 6.07 Å². The highest BCUT2D eigenvalue weighted by molar-refractivity contribution is 9.10. The molecule has 0 aliphatic carbocycles. The highest BCUT2D eigenvalue weighted by atomic mass is 79.9. The summed E-state index contributed by atoms with van der Waals surface area (Å²) in [7, 11) is 0. The van der Waals surface area contributed by atoms with Crippen molar-refractivity contribution in [1.29, 1.82) is 0 Å². The van der Waals surface area contributed by atoms with Crippen LogP contribution in [0.4, 0.5) is 5.82 Å². The predicted octanol–water partition coefficient (Wildman–Crippen LogP) is 1.68. The molecule has 0 spiro atoms. The molecule has 3 N–H and O–H groups in total. The van der Waals surface area contributed by atoms with Crippen LogP contribution < -0.4 is 5.73 Å². The Labute approximate surface area is 82.6 Å². The molecule has 0 saturated carbocycles. The number of nitrogen functional groups attached to an aromatic ring is 1. The number of halogens is 1. The molecule has 13 heavy (non-hydrogen) atoms. The number of pyridine rings is 2. The first-order valence-corrected chi connectivity index (χ1v) is 4.38. The zero-order chi connectivity index (χ0) is 9.42. The van der Waals surface area contributed by atoms with Crippen LogP contribution in [-0.4, -0.2) is 15.1 Å². The Morgan fingerprint density at radius 1 is 1.31 bits per heavy atom. The van der Waals surface area contributed by atoms with Gasteiger partial charge in [-0.25, -0.2) is 9.97 Å². The van der Waals surface area contributed by atoms with E-state index in [-0.39, 0.29) is 11.6 Å². The molecule has 0 bridgehead atoms. The Bertz CT molecular complexity index is 467. The van der Waals surface area contributed by atoms with Crippen LogP contribution >= 0.6 is 15.9 Å². The predicted molar refractivity (Wildman–Crippen MR) is 53.3 cm³/mol. The molecule has 0 atom stereocenters. The molecule has 0 aliphatic heterocycles. The molecular weight excluding hydrogens is 234 g/mol. The van der Waals surface area contributed by atoms with Gasteiger partial charge in [0.15, 0.2) is 5.65 Å². The summed E-state index contributed by atoms with van der Waals surface area (Å²) in [6.07, 6.45) is 0. The second kappa shape index (κ2) is 2.85. The maximum atomic E-state index is 9.47. The van der Waals surface area contributed by atoms with Gasteiger partial charge in [-0.15, -0.1) is 0 Å². The number of rotatable bonds is 0. The molecule has 0 aliphatic rings. The van der Waals surface area contributed by atoms with Gasteiger partial charge in [0.05, 0.1) is 5.39 Å². The molecule has 0 unspecified atom stereocenters. The molecule has 2 aromatic heterocycles. The van der Waals surface area contributed by atoms with E-state index >= 15 is 0 Å². The van der Waals surface area contributed by atoms with Crippen molar-refractivity contribution >= 4 is 32.8 Å². The third-order valence-corrected chi connectivity index (χ3v) is 2.08. The van der Waals surface area contributed by atoms with Crippen LogP contribution in [0.1, 0.15) is 0 Å². The molecular formula is C8H6BrN3O. The molecule has 0 radical (unpaired) electrons. The summed E-state index contributed by atoms with van der Waals surface area (Å²) in [6.45, 7) is 0. The van der Waals surface area contributed by atoms with Crippen molar-refractivity contribution in [2.24, 2.45) is 0 Å². The maximum Gasteiger partial charge on any atom is 0.166 e. The van der Waals surface area contributed by atoms with Gasteiger partial charge in [0.2, 0.25) is 0 Å². The van der Waals surface area contributed by atoms with Crippen molar-refractivity contribution in [3.05, 3.63) is 22.8 Å². The molecule has 2 rings (SSSR count). The minimum atomic E-state index is 0.0995. The largest absolute Gasteiger partial charge is 0.507 e. The fraction of sp³-hybridized carbons (Fsp3) is 0. The average Bonchev–Trinajstić information content (AvgIpc) is 2.02. The van der Waals surface area contributed by atoms with Crippen LogP contribution in [0.15, 0.2) is 22.8 Å². The SMILES string of the molecule is Nc1cc(O)c2ccc(Br)nc2n1. The molecule has 0 amide bonds. The van der Waals surface area contributed by atoms with Gasteiger partial charge in [0.25, 0.3) is 0 Å². The molecule has 0 saturated heterocycles. The highest BCUT2D eigenvalue weighted by Gasteiger charge is 2.03. The van der Waals surface area contributed by atoms with Crippen molar-refractivity contribution in [2.45, 2.75) is 0 Å². The normalized spacial score (nSPS) is 10.5. The summed E-state index contributed by atoms with van der Waals surface area (Å²) >= 11 is 3.21. The van der Waals surface area contributed by atoms with Gasteiger partial charge in [0.1, 0.15) is 16.2 Å². The van der Waals surface area contributed by atoms with Crippen molar-refractivity contribution in [3.8, 4) is 5.75 Å². The van der Waals surface area contributed by atoms with Crippen LogP contribution in [0, 0.1) is 0 Å². The first-order valence-electron chi connectivity index (χ1n) is 3.58. The van der Waals surface area contributed by atoms with E-state index in [0.29, 0.717) is 15.6 Å². The van der Waals surface area contributed by atoms with E-state index in [1.54, 1.807) is 12.1 Å². The van der Waals surface area contributed by atoms with E-state index in [1.807, 2.05) is 0 Å². The Kier molecular flexibility index (Phi) is 1.81. The second-order valence-corrected chi connectivity index (χ2v) is 3.38.